The predicted octanol–water partition coefficient (Wildman–Crippen LogP) is 0.300. The number of hydrogen-bond acceptors (Lipinski definition) is 4. The largest absolute Gasteiger partial charge is 0.345 e. The standard InChI is InChI=1S/C15H27N3O3/c1-9(2)11(8-19)17-14(20)12-6-5-7-18(12)15(21)13(16)10(3)4/h8-13H,5-7,16H2,1-4H3,(H,17,20)/t11-,12+,13+/m1/s1. The maximum atomic E-state index is 12.3. The van der Waals surface area contributed by atoms with Gasteiger partial charge in [-0.15, -0.1) is 0 Å². The summed E-state index contributed by atoms with van der Waals surface area (Å²) in [4.78, 5) is 37.2. The normalized spacial score (nSPS) is 21.5. The van der Waals surface area contributed by atoms with Crippen LogP contribution in [0.4, 0.5) is 0 Å². The van der Waals surface area contributed by atoms with E-state index >= 15 is 0 Å². The van der Waals surface area contributed by atoms with Crippen molar-refractivity contribution in [3.8, 4) is 0 Å². The molecule has 0 saturated carbocycles. The molecule has 2 amide bonds. The minimum Gasteiger partial charge on any atom is -0.345 e. The van der Waals surface area contributed by atoms with E-state index in [-0.39, 0.29) is 23.7 Å². The molecule has 1 rings (SSSR count). The molecular formula is C15H27N3O3. The molecule has 120 valence electrons. The molecule has 3 N–H and O–H groups in total. The van der Waals surface area contributed by atoms with E-state index in [9.17, 15) is 14.4 Å². The van der Waals surface area contributed by atoms with Gasteiger partial charge in [0.2, 0.25) is 11.8 Å². The molecule has 21 heavy (non-hydrogen) atoms. The number of nitrogens with zero attached hydrogens (tertiary/aromatic N) is 1. The Kier molecular flexibility index (Phi) is 6.33. The Labute approximate surface area is 126 Å². The van der Waals surface area contributed by atoms with Gasteiger partial charge in [0.05, 0.1) is 12.1 Å². The molecule has 6 nitrogen and oxygen atoms in total. The highest BCUT2D eigenvalue weighted by atomic mass is 16.2. The van der Waals surface area contributed by atoms with Crippen LogP contribution in [-0.4, -0.2) is 47.7 Å². The average molecular weight is 297 g/mol. The Bertz CT molecular complexity index is 396. The molecule has 1 aliphatic rings. The van der Waals surface area contributed by atoms with Gasteiger partial charge >= 0.3 is 0 Å². The van der Waals surface area contributed by atoms with Gasteiger partial charge in [-0.05, 0) is 24.7 Å². The Morgan fingerprint density at radius 1 is 1.24 bits per heavy atom. The molecule has 0 radical (unpaired) electrons. The molecule has 0 bridgehead atoms. The quantitative estimate of drug-likeness (QED) is 0.690. The molecule has 0 aromatic heterocycles. The summed E-state index contributed by atoms with van der Waals surface area (Å²) in [5.41, 5.74) is 5.90. The second-order valence-corrected chi connectivity index (χ2v) is 6.37. The summed E-state index contributed by atoms with van der Waals surface area (Å²) < 4.78 is 0. The second kappa shape index (κ2) is 7.54. The molecule has 1 aliphatic heterocycles. The third-order valence-corrected chi connectivity index (χ3v) is 4.02. The molecule has 1 heterocycles. The SMILES string of the molecule is CC(C)[C@H](N)C(=O)N1CCC[C@H]1C(=O)N[C@H](C=O)C(C)C. The van der Waals surface area contributed by atoms with Crippen LogP contribution in [0.2, 0.25) is 0 Å². The van der Waals surface area contributed by atoms with E-state index in [1.807, 2.05) is 27.7 Å². The first-order chi connectivity index (χ1) is 9.79. The highest BCUT2D eigenvalue weighted by Crippen LogP contribution is 2.20. The van der Waals surface area contributed by atoms with Crippen LogP contribution in [0.15, 0.2) is 0 Å². The summed E-state index contributed by atoms with van der Waals surface area (Å²) in [6.07, 6.45) is 2.14. The average Bonchev–Trinajstić information content (AvgIpc) is 2.91. The van der Waals surface area contributed by atoms with Gasteiger partial charge in [0.15, 0.2) is 0 Å². The van der Waals surface area contributed by atoms with Crippen molar-refractivity contribution in [3.63, 3.8) is 0 Å². The van der Waals surface area contributed by atoms with Gasteiger partial charge in [-0.25, -0.2) is 0 Å². The third-order valence-electron chi connectivity index (χ3n) is 4.02. The van der Waals surface area contributed by atoms with Gasteiger partial charge in [-0.1, -0.05) is 27.7 Å². The highest BCUT2D eigenvalue weighted by Gasteiger charge is 2.37. The molecule has 6 heteroatoms. The number of carbonyl (C=O) groups is 3. The zero-order valence-electron chi connectivity index (χ0n) is 13.3. The topological polar surface area (TPSA) is 92.5 Å². The van der Waals surface area contributed by atoms with Gasteiger partial charge in [0, 0.05) is 6.54 Å². The Balaban J connectivity index is 2.74. The van der Waals surface area contributed by atoms with E-state index in [4.69, 9.17) is 5.73 Å². The maximum absolute atomic E-state index is 12.3. The lowest BCUT2D eigenvalue weighted by molar-refractivity contribution is -0.140. The van der Waals surface area contributed by atoms with Gasteiger partial charge < -0.3 is 20.7 Å². The number of likely N-dealkylation sites (tertiary alicyclic amines) is 1. The molecule has 0 aliphatic carbocycles. The Morgan fingerprint density at radius 2 is 1.86 bits per heavy atom. The van der Waals surface area contributed by atoms with Crippen LogP contribution in [0.5, 0.6) is 0 Å². The number of rotatable bonds is 6. The molecule has 1 saturated heterocycles. The van der Waals surface area contributed by atoms with E-state index in [2.05, 4.69) is 5.32 Å². The Hall–Kier alpha value is -1.43. The highest BCUT2D eigenvalue weighted by molar-refractivity contribution is 5.91. The fourth-order valence-electron chi connectivity index (χ4n) is 2.40. The number of aldehydes is 1. The van der Waals surface area contributed by atoms with E-state index in [0.717, 1.165) is 12.7 Å². The summed E-state index contributed by atoms with van der Waals surface area (Å²) in [5, 5.41) is 2.72. The molecule has 1 fully saturated rings. The fraction of sp³-hybridized carbons (Fsp3) is 0.800. The predicted molar refractivity (Wildman–Crippen MR) is 80.4 cm³/mol. The fourth-order valence-corrected chi connectivity index (χ4v) is 2.40. The van der Waals surface area contributed by atoms with Crippen LogP contribution in [0, 0.1) is 11.8 Å². The van der Waals surface area contributed by atoms with Gasteiger partial charge in [0.25, 0.3) is 0 Å². The first-order valence-corrected chi connectivity index (χ1v) is 7.61. The molecule has 0 unspecified atom stereocenters. The van der Waals surface area contributed by atoms with Crippen molar-refractivity contribution < 1.29 is 14.4 Å². The maximum Gasteiger partial charge on any atom is 0.243 e. The number of hydrogen-bond donors (Lipinski definition) is 2. The lowest BCUT2D eigenvalue weighted by Crippen LogP contribution is -2.54. The van der Waals surface area contributed by atoms with Crippen LogP contribution in [0.25, 0.3) is 0 Å². The number of amides is 2. The van der Waals surface area contributed by atoms with Crippen LogP contribution in [0.3, 0.4) is 0 Å². The number of nitrogens with two attached hydrogens (primary N) is 1. The van der Waals surface area contributed by atoms with Crippen LogP contribution < -0.4 is 11.1 Å². The lowest BCUT2D eigenvalue weighted by Gasteiger charge is -2.29. The van der Waals surface area contributed by atoms with Crippen molar-refractivity contribution in [1.82, 2.24) is 10.2 Å². The number of carbonyl (C=O) groups excluding carboxylic acids is 3. The number of nitrogens with one attached hydrogen (secondary N) is 1. The third kappa shape index (κ3) is 4.27. The van der Waals surface area contributed by atoms with Crippen LogP contribution >= 0.6 is 0 Å². The summed E-state index contributed by atoms with van der Waals surface area (Å²) in [6.45, 7) is 8.05. The van der Waals surface area contributed by atoms with Gasteiger partial charge in [-0.3, -0.25) is 9.59 Å². The minimum absolute atomic E-state index is 0.0231. The Morgan fingerprint density at radius 3 is 2.33 bits per heavy atom. The van der Waals surface area contributed by atoms with E-state index in [1.165, 1.54) is 0 Å². The van der Waals surface area contributed by atoms with Gasteiger partial charge in [0.1, 0.15) is 12.3 Å². The van der Waals surface area contributed by atoms with E-state index in [0.29, 0.717) is 13.0 Å². The lowest BCUT2D eigenvalue weighted by atomic mass is 10.0. The first kappa shape index (κ1) is 17.6. The van der Waals surface area contributed by atoms with Crippen LogP contribution in [-0.2, 0) is 14.4 Å². The zero-order valence-corrected chi connectivity index (χ0v) is 13.3. The van der Waals surface area contributed by atoms with Crippen molar-refractivity contribution in [1.29, 1.82) is 0 Å². The van der Waals surface area contributed by atoms with Crippen molar-refractivity contribution >= 4 is 18.1 Å². The molecule has 0 aromatic rings. The first-order valence-electron chi connectivity index (χ1n) is 7.61. The van der Waals surface area contributed by atoms with Crippen LogP contribution in [0.1, 0.15) is 40.5 Å². The molecule has 0 aromatic carbocycles. The van der Waals surface area contributed by atoms with Crippen molar-refractivity contribution in [2.45, 2.75) is 58.7 Å². The summed E-state index contributed by atoms with van der Waals surface area (Å²) >= 11 is 0. The second-order valence-electron chi connectivity index (χ2n) is 6.37. The summed E-state index contributed by atoms with van der Waals surface area (Å²) in [6, 6.07) is -1.62. The molecule has 0 spiro atoms. The summed E-state index contributed by atoms with van der Waals surface area (Å²) in [5.74, 6) is -0.396. The van der Waals surface area contributed by atoms with Crippen molar-refractivity contribution in [3.05, 3.63) is 0 Å². The molecule has 3 atom stereocenters. The van der Waals surface area contributed by atoms with Crippen molar-refractivity contribution in [2.75, 3.05) is 6.54 Å². The minimum atomic E-state index is -0.592. The van der Waals surface area contributed by atoms with Crippen molar-refractivity contribution in [2.24, 2.45) is 17.6 Å². The van der Waals surface area contributed by atoms with Gasteiger partial charge in [-0.2, -0.15) is 0 Å². The van der Waals surface area contributed by atoms with E-state index in [1.54, 1.807) is 4.90 Å². The monoisotopic (exact) mass is 297 g/mol. The van der Waals surface area contributed by atoms with E-state index < -0.39 is 18.1 Å². The molecular weight excluding hydrogens is 270 g/mol. The summed E-state index contributed by atoms with van der Waals surface area (Å²) in [7, 11) is 0. The zero-order chi connectivity index (χ0) is 16.2. The smallest absolute Gasteiger partial charge is 0.243 e.